The highest BCUT2D eigenvalue weighted by atomic mass is 35.5. The molecule has 0 aliphatic rings. The minimum atomic E-state index is -0.0648. The second-order valence-corrected chi connectivity index (χ2v) is 8.03. The summed E-state index contributed by atoms with van der Waals surface area (Å²) >= 11 is 6.23. The van der Waals surface area contributed by atoms with E-state index in [9.17, 15) is 4.79 Å². The van der Waals surface area contributed by atoms with Gasteiger partial charge in [-0.05, 0) is 67.0 Å². The molecule has 0 saturated heterocycles. The fraction of sp³-hybridized carbons (Fsp3) is 0.350. The summed E-state index contributed by atoms with van der Waals surface area (Å²) in [6.45, 7) is 9.77. The van der Waals surface area contributed by atoms with E-state index in [-0.39, 0.29) is 26.3 Å². The molecule has 0 aliphatic carbocycles. The summed E-state index contributed by atoms with van der Waals surface area (Å²) in [6, 6.07) is 11.1. The van der Waals surface area contributed by atoms with Crippen LogP contribution in [0.4, 0.5) is 0 Å². The van der Waals surface area contributed by atoms with Gasteiger partial charge in [0.05, 0.1) is 17.2 Å². The number of rotatable bonds is 7. The van der Waals surface area contributed by atoms with Crippen LogP contribution in [0.25, 0.3) is 0 Å². The van der Waals surface area contributed by atoms with Gasteiger partial charge in [-0.2, -0.15) is 0 Å². The van der Waals surface area contributed by atoms with Crippen LogP contribution in [0.3, 0.4) is 0 Å². The first-order valence-electron chi connectivity index (χ1n) is 8.31. The Labute approximate surface area is 156 Å². The predicted molar refractivity (Wildman–Crippen MR) is 106 cm³/mol. The van der Waals surface area contributed by atoms with Crippen LogP contribution in [0.15, 0.2) is 36.4 Å². The van der Waals surface area contributed by atoms with E-state index in [1.54, 1.807) is 6.07 Å². The summed E-state index contributed by atoms with van der Waals surface area (Å²) in [4.78, 5) is 12.8. The summed E-state index contributed by atoms with van der Waals surface area (Å²) in [5.74, 6) is 1.42. The van der Waals surface area contributed by atoms with Crippen molar-refractivity contribution in [3.05, 3.63) is 52.5 Å². The smallest absolute Gasteiger partial charge is 0.187 e. The van der Waals surface area contributed by atoms with E-state index < -0.39 is 0 Å². The molecule has 0 saturated carbocycles. The molecule has 0 bridgehead atoms. The Morgan fingerprint density at radius 2 is 1.72 bits per heavy atom. The van der Waals surface area contributed by atoms with Crippen molar-refractivity contribution in [3.63, 3.8) is 0 Å². The van der Waals surface area contributed by atoms with E-state index in [0.717, 1.165) is 16.6 Å². The molecule has 134 valence electrons. The highest BCUT2D eigenvalue weighted by Gasteiger charge is 2.17. The van der Waals surface area contributed by atoms with E-state index in [1.165, 1.54) is 0 Å². The van der Waals surface area contributed by atoms with Gasteiger partial charge in [0.1, 0.15) is 11.5 Å². The molecule has 5 heteroatoms. The van der Waals surface area contributed by atoms with Gasteiger partial charge in [0.25, 0.3) is 0 Å². The van der Waals surface area contributed by atoms with Gasteiger partial charge < -0.3 is 9.47 Å². The van der Waals surface area contributed by atoms with E-state index in [4.69, 9.17) is 21.1 Å². The van der Waals surface area contributed by atoms with Crippen LogP contribution in [0, 0.1) is 6.92 Å². The average Bonchev–Trinajstić information content (AvgIpc) is 2.48. The molecule has 0 aromatic heterocycles. The Morgan fingerprint density at radius 1 is 1.04 bits per heavy atom. The van der Waals surface area contributed by atoms with Gasteiger partial charge >= 0.3 is 0 Å². The van der Waals surface area contributed by atoms with Crippen molar-refractivity contribution < 1.29 is 14.3 Å². The maximum absolute atomic E-state index is 12.8. The van der Waals surface area contributed by atoms with Crippen LogP contribution in [0.5, 0.6) is 11.5 Å². The average molecular weight is 379 g/mol. The van der Waals surface area contributed by atoms with E-state index in [1.807, 2.05) is 65.0 Å². The molecule has 0 radical (unpaired) electrons. The molecule has 0 heterocycles. The highest BCUT2D eigenvalue weighted by molar-refractivity contribution is 7.66. The fourth-order valence-corrected chi connectivity index (χ4v) is 3.92. The van der Waals surface area contributed by atoms with Crippen LogP contribution in [0.1, 0.15) is 43.6 Å². The van der Waals surface area contributed by atoms with E-state index in [0.29, 0.717) is 16.3 Å². The van der Waals surface area contributed by atoms with Gasteiger partial charge in [0.15, 0.2) is 5.52 Å². The van der Waals surface area contributed by atoms with Gasteiger partial charge in [0.2, 0.25) is 0 Å². The lowest BCUT2D eigenvalue weighted by Crippen LogP contribution is -2.14. The third kappa shape index (κ3) is 5.45. The van der Waals surface area contributed by atoms with E-state index in [2.05, 4.69) is 0 Å². The molecule has 0 aliphatic heterocycles. The van der Waals surface area contributed by atoms with Crippen molar-refractivity contribution in [1.29, 1.82) is 0 Å². The number of aryl methyl sites for hydroxylation is 1. The standard InChI is InChI=1S/C20H24ClO3P/c1-12(2)23-15-9-10-18(17(11-15)24-13(3)4)25-20(22)19-14(5)7-6-8-16(19)21/h6-13,25H,1-5H3. The van der Waals surface area contributed by atoms with Crippen molar-refractivity contribution >= 4 is 31.0 Å². The number of hydrogen-bond donors (Lipinski definition) is 0. The Kier molecular flexibility index (Phi) is 6.87. The quantitative estimate of drug-likeness (QED) is 0.608. The normalized spacial score (nSPS) is 11.5. The second-order valence-electron chi connectivity index (χ2n) is 6.38. The van der Waals surface area contributed by atoms with E-state index >= 15 is 0 Å². The zero-order chi connectivity index (χ0) is 18.6. The van der Waals surface area contributed by atoms with Crippen LogP contribution in [-0.4, -0.2) is 17.7 Å². The molecule has 3 nitrogen and oxygen atoms in total. The molecule has 1 unspecified atom stereocenters. The maximum atomic E-state index is 12.8. The number of carbonyl (C=O) groups excluding carboxylic acids is 1. The Hall–Kier alpha value is -1.57. The van der Waals surface area contributed by atoms with Crippen LogP contribution in [0.2, 0.25) is 5.02 Å². The first kappa shape index (κ1) is 19.8. The summed E-state index contributed by atoms with van der Waals surface area (Å²) < 4.78 is 11.6. The maximum Gasteiger partial charge on any atom is 0.187 e. The zero-order valence-corrected chi connectivity index (χ0v) is 17.0. The molecule has 0 fully saturated rings. The second kappa shape index (κ2) is 8.69. The summed E-state index contributed by atoms with van der Waals surface area (Å²) in [6.07, 6.45) is 0.0857. The van der Waals surface area contributed by atoms with Crippen LogP contribution < -0.4 is 14.8 Å². The summed E-state index contributed by atoms with van der Waals surface area (Å²) in [5, 5.41) is 1.35. The molecule has 2 aromatic rings. The number of halogens is 1. The molecule has 25 heavy (non-hydrogen) atoms. The Balaban J connectivity index is 2.32. The number of carbonyl (C=O) groups is 1. The van der Waals surface area contributed by atoms with Crippen molar-refractivity contribution in [1.82, 2.24) is 0 Å². The minimum absolute atomic E-state index is 0.00855. The molecule has 0 amide bonds. The topological polar surface area (TPSA) is 35.5 Å². The van der Waals surface area contributed by atoms with Gasteiger partial charge in [-0.25, -0.2) is 0 Å². The SMILES string of the molecule is Cc1cccc(Cl)c1C(=O)Pc1ccc(OC(C)C)cc1OC(C)C. The van der Waals surface area contributed by atoms with Crippen molar-refractivity contribution in [2.75, 3.05) is 0 Å². The third-order valence-electron chi connectivity index (χ3n) is 3.38. The minimum Gasteiger partial charge on any atom is -0.491 e. The molecule has 1 atom stereocenters. The first-order chi connectivity index (χ1) is 11.8. The number of hydrogen-bond acceptors (Lipinski definition) is 3. The molecular formula is C20H24ClO3P. The van der Waals surface area contributed by atoms with Crippen molar-refractivity contribution in [3.8, 4) is 11.5 Å². The van der Waals surface area contributed by atoms with Gasteiger partial charge in [-0.3, -0.25) is 4.79 Å². The van der Waals surface area contributed by atoms with Crippen molar-refractivity contribution in [2.45, 2.75) is 46.8 Å². The number of benzene rings is 2. The molecular weight excluding hydrogens is 355 g/mol. The lowest BCUT2D eigenvalue weighted by atomic mass is 10.1. The predicted octanol–water partition coefficient (Wildman–Crippen LogP) is 5.37. The summed E-state index contributed by atoms with van der Waals surface area (Å²) in [7, 11) is -0.0648. The Bertz CT molecular complexity index is 736. The molecule has 2 rings (SSSR count). The van der Waals surface area contributed by atoms with Gasteiger partial charge in [-0.1, -0.05) is 23.7 Å². The van der Waals surface area contributed by atoms with Gasteiger partial charge in [0, 0.05) is 16.9 Å². The van der Waals surface area contributed by atoms with Gasteiger partial charge in [-0.15, -0.1) is 0 Å². The first-order valence-corrected chi connectivity index (χ1v) is 9.69. The molecule has 0 N–H and O–H groups in total. The lowest BCUT2D eigenvalue weighted by Gasteiger charge is -2.17. The molecule has 2 aromatic carbocycles. The Morgan fingerprint density at radius 3 is 2.32 bits per heavy atom. The monoisotopic (exact) mass is 378 g/mol. The summed E-state index contributed by atoms with van der Waals surface area (Å²) in [5.41, 5.74) is 1.48. The third-order valence-corrected chi connectivity index (χ3v) is 4.86. The lowest BCUT2D eigenvalue weighted by molar-refractivity contribution is 0.108. The highest BCUT2D eigenvalue weighted by Crippen LogP contribution is 2.31. The van der Waals surface area contributed by atoms with Crippen molar-refractivity contribution in [2.24, 2.45) is 0 Å². The molecule has 0 spiro atoms. The fourth-order valence-electron chi connectivity index (χ4n) is 2.41. The van der Waals surface area contributed by atoms with Crippen LogP contribution in [-0.2, 0) is 0 Å². The zero-order valence-electron chi connectivity index (χ0n) is 15.2. The van der Waals surface area contributed by atoms with Crippen LogP contribution >= 0.6 is 20.2 Å². The largest absolute Gasteiger partial charge is 0.491 e. The number of ether oxygens (including phenoxy) is 2.